The summed E-state index contributed by atoms with van der Waals surface area (Å²) in [4.78, 5) is 34.7. The molecule has 1 aromatic carbocycles. The molecule has 0 saturated carbocycles. The van der Waals surface area contributed by atoms with Gasteiger partial charge in [-0.2, -0.15) is 0 Å². The summed E-state index contributed by atoms with van der Waals surface area (Å²) in [7, 11) is 0. The lowest BCUT2D eigenvalue weighted by molar-refractivity contribution is 0.0960. The van der Waals surface area contributed by atoms with Crippen molar-refractivity contribution in [2.75, 3.05) is 0 Å². The first-order valence-electron chi connectivity index (χ1n) is 10.3. The number of nitrogens with zero attached hydrogens (tertiary/aromatic N) is 3. The Morgan fingerprint density at radius 3 is 2.61 bits per heavy atom. The topological polar surface area (TPSA) is 97.1 Å². The predicted molar refractivity (Wildman–Crippen MR) is 123 cm³/mol. The van der Waals surface area contributed by atoms with E-state index in [0.29, 0.717) is 23.2 Å². The molecule has 33 heavy (non-hydrogen) atoms. The van der Waals surface area contributed by atoms with Gasteiger partial charge in [-0.15, -0.1) is 0 Å². The van der Waals surface area contributed by atoms with Crippen molar-refractivity contribution in [2.24, 2.45) is 0 Å². The standard InChI is InChI=1S/C25H21FN4O3/c1-3-15(2)29-24(32)21-22(31)20-11-18(17-6-8-19(26)9-7-17)13-28-23(20)30(25(21)33)14-16-5-4-10-27-12-16/h4-13,31H,2-3,14H2,1H3,(H,29,32). The molecule has 0 bridgehead atoms. The van der Waals surface area contributed by atoms with Crippen LogP contribution in [0.5, 0.6) is 5.75 Å². The fraction of sp³-hybridized carbons (Fsp3) is 0.120. The van der Waals surface area contributed by atoms with Gasteiger partial charge in [-0.05, 0) is 41.8 Å². The van der Waals surface area contributed by atoms with E-state index in [1.54, 1.807) is 42.7 Å². The molecule has 0 radical (unpaired) electrons. The largest absolute Gasteiger partial charge is 0.506 e. The number of aromatic nitrogens is 3. The van der Waals surface area contributed by atoms with Gasteiger partial charge in [0.2, 0.25) is 0 Å². The molecule has 7 nitrogen and oxygen atoms in total. The van der Waals surface area contributed by atoms with Crippen molar-refractivity contribution in [2.45, 2.75) is 19.9 Å². The maximum absolute atomic E-state index is 13.3. The van der Waals surface area contributed by atoms with Crippen molar-refractivity contribution in [3.05, 3.63) is 101 Å². The molecule has 3 heterocycles. The van der Waals surface area contributed by atoms with Crippen LogP contribution in [0.25, 0.3) is 22.2 Å². The lowest BCUT2D eigenvalue weighted by Gasteiger charge is -2.15. The van der Waals surface area contributed by atoms with Crippen LogP contribution in [0.15, 0.2) is 78.1 Å². The number of hydrogen-bond donors (Lipinski definition) is 2. The number of benzene rings is 1. The SMILES string of the molecule is C=C(CC)NC(=O)c1c(O)c2cc(-c3ccc(F)cc3)cnc2n(Cc2cccnc2)c1=O. The molecule has 0 saturated heterocycles. The summed E-state index contributed by atoms with van der Waals surface area (Å²) >= 11 is 0. The molecule has 0 atom stereocenters. The molecular formula is C25H21FN4O3. The minimum atomic E-state index is -0.752. The quantitative estimate of drug-likeness (QED) is 0.469. The van der Waals surface area contributed by atoms with E-state index in [4.69, 9.17) is 0 Å². The van der Waals surface area contributed by atoms with Gasteiger partial charge in [-0.1, -0.05) is 31.7 Å². The molecule has 8 heteroatoms. The minimum absolute atomic E-state index is 0.0986. The third kappa shape index (κ3) is 4.36. The Morgan fingerprint density at radius 1 is 1.18 bits per heavy atom. The summed E-state index contributed by atoms with van der Waals surface area (Å²) in [6.45, 7) is 5.64. The number of carbonyl (C=O) groups is 1. The zero-order valence-corrected chi connectivity index (χ0v) is 17.9. The lowest BCUT2D eigenvalue weighted by atomic mass is 10.0. The van der Waals surface area contributed by atoms with Gasteiger partial charge in [0, 0.05) is 29.9 Å². The summed E-state index contributed by atoms with van der Waals surface area (Å²) < 4.78 is 14.7. The van der Waals surface area contributed by atoms with Crippen molar-refractivity contribution in [3.63, 3.8) is 0 Å². The van der Waals surface area contributed by atoms with Gasteiger partial charge in [0.05, 0.1) is 11.9 Å². The zero-order chi connectivity index (χ0) is 23.5. The molecule has 0 aliphatic heterocycles. The van der Waals surface area contributed by atoms with Gasteiger partial charge in [0.1, 0.15) is 22.8 Å². The van der Waals surface area contributed by atoms with Crippen LogP contribution in [0.4, 0.5) is 4.39 Å². The number of fused-ring (bicyclic) bond motifs is 1. The molecule has 0 spiro atoms. The number of pyridine rings is 3. The molecule has 0 fully saturated rings. The van der Waals surface area contributed by atoms with Gasteiger partial charge in [0.25, 0.3) is 11.5 Å². The monoisotopic (exact) mass is 444 g/mol. The van der Waals surface area contributed by atoms with Crippen LogP contribution < -0.4 is 10.9 Å². The minimum Gasteiger partial charge on any atom is -0.506 e. The number of allylic oxidation sites excluding steroid dienone is 1. The molecule has 0 unspecified atom stereocenters. The number of halogens is 1. The summed E-state index contributed by atoms with van der Waals surface area (Å²) in [6.07, 6.45) is 5.23. The Kier molecular flexibility index (Phi) is 5.99. The molecule has 0 aliphatic carbocycles. The second-order valence-electron chi connectivity index (χ2n) is 7.49. The first kappa shape index (κ1) is 21.9. The molecule has 2 N–H and O–H groups in total. The van der Waals surface area contributed by atoms with Gasteiger partial charge < -0.3 is 10.4 Å². The number of carbonyl (C=O) groups excluding carboxylic acids is 1. The van der Waals surface area contributed by atoms with Crippen LogP contribution in [-0.2, 0) is 6.54 Å². The highest BCUT2D eigenvalue weighted by molar-refractivity contribution is 6.03. The Hall–Kier alpha value is -4.33. The summed E-state index contributed by atoms with van der Waals surface area (Å²) in [5.74, 6) is -1.61. The van der Waals surface area contributed by atoms with Crippen molar-refractivity contribution >= 4 is 16.9 Å². The fourth-order valence-corrected chi connectivity index (χ4v) is 3.45. The first-order chi connectivity index (χ1) is 15.9. The molecule has 3 aromatic heterocycles. The van der Waals surface area contributed by atoms with Crippen molar-refractivity contribution in [1.82, 2.24) is 19.9 Å². The molecule has 4 aromatic rings. The Bertz CT molecular complexity index is 1410. The van der Waals surface area contributed by atoms with E-state index in [2.05, 4.69) is 21.9 Å². The number of amides is 1. The molecule has 0 aliphatic rings. The molecule has 1 amide bonds. The Morgan fingerprint density at radius 2 is 1.94 bits per heavy atom. The van der Waals surface area contributed by atoms with Crippen molar-refractivity contribution in [3.8, 4) is 16.9 Å². The normalized spacial score (nSPS) is 10.8. The Labute approximate surface area is 188 Å². The molecule has 4 rings (SSSR count). The average Bonchev–Trinajstić information content (AvgIpc) is 2.82. The van der Waals surface area contributed by atoms with Crippen LogP contribution >= 0.6 is 0 Å². The van der Waals surface area contributed by atoms with Gasteiger partial charge in [-0.3, -0.25) is 19.1 Å². The summed E-state index contributed by atoms with van der Waals surface area (Å²) in [5.41, 5.74) is 1.51. The average molecular weight is 444 g/mol. The fourth-order valence-electron chi connectivity index (χ4n) is 3.45. The highest BCUT2D eigenvalue weighted by Gasteiger charge is 2.24. The highest BCUT2D eigenvalue weighted by Crippen LogP contribution is 2.30. The third-order valence-corrected chi connectivity index (χ3v) is 5.26. The summed E-state index contributed by atoms with van der Waals surface area (Å²) in [6, 6.07) is 11.0. The van der Waals surface area contributed by atoms with E-state index in [-0.39, 0.29) is 23.4 Å². The van der Waals surface area contributed by atoms with Crippen molar-refractivity contribution in [1.29, 1.82) is 0 Å². The smallest absolute Gasteiger partial charge is 0.269 e. The van der Waals surface area contributed by atoms with Crippen LogP contribution in [0.2, 0.25) is 0 Å². The van der Waals surface area contributed by atoms with Crippen LogP contribution in [0.1, 0.15) is 29.3 Å². The molecule has 166 valence electrons. The zero-order valence-electron chi connectivity index (χ0n) is 17.9. The van der Waals surface area contributed by atoms with E-state index >= 15 is 0 Å². The van der Waals surface area contributed by atoms with Crippen LogP contribution in [0.3, 0.4) is 0 Å². The maximum atomic E-state index is 13.3. The van der Waals surface area contributed by atoms with Crippen LogP contribution in [0, 0.1) is 5.82 Å². The second-order valence-corrected chi connectivity index (χ2v) is 7.49. The van der Waals surface area contributed by atoms with E-state index in [1.807, 2.05) is 6.92 Å². The van der Waals surface area contributed by atoms with E-state index in [0.717, 1.165) is 5.56 Å². The van der Waals surface area contributed by atoms with Gasteiger partial charge >= 0.3 is 0 Å². The lowest BCUT2D eigenvalue weighted by Crippen LogP contribution is -2.33. The summed E-state index contributed by atoms with van der Waals surface area (Å²) in [5, 5.41) is 13.7. The van der Waals surface area contributed by atoms with Crippen molar-refractivity contribution < 1.29 is 14.3 Å². The highest BCUT2D eigenvalue weighted by atomic mass is 19.1. The predicted octanol–water partition coefficient (Wildman–Crippen LogP) is 4.01. The second kappa shape index (κ2) is 9.04. The number of aromatic hydroxyl groups is 1. The number of hydrogen-bond acceptors (Lipinski definition) is 5. The molecular weight excluding hydrogens is 423 g/mol. The number of rotatable bonds is 6. The number of nitrogens with one attached hydrogen (secondary N) is 1. The van der Waals surface area contributed by atoms with E-state index < -0.39 is 22.8 Å². The van der Waals surface area contributed by atoms with Gasteiger partial charge in [-0.25, -0.2) is 9.37 Å². The van der Waals surface area contributed by atoms with E-state index in [9.17, 15) is 19.1 Å². The Balaban J connectivity index is 1.95. The maximum Gasteiger partial charge on any atom is 0.269 e. The third-order valence-electron chi connectivity index (χ3n) is 5.26. The van der Waals surface area contributed by atoms with Gasteiger partial charge in [0.15, 0.2) is 0 Å². The first-order valence-corrected chi connectivity index (χ1v) is 10.3. The van der Waals surface area contributed by atoms with E-state index in [1.165, 1.54) is 22.9 Å². The van der Waals surface area contributed by atoms with Crippen LogP contribution in [-0.4, -0.2) is 25.5 Å².